The summed E-state index contributed by atoms with van der Waals surface area (Å²) < 4.78 is 12.7. The van der Waals surface area contributed by atoms with Gasteiger partial charge in [0, 0.05) is 64.1 Å². The Morgan fingerprint density at radius 2 is 1.66 bits per heavy atom. The Morgan fingerprint density at radius 3 is 2.34 bits per heavy atom. The SMILES string of the molecule is CC(C)c1cc(-c2nnc(C(=O)OCCN3CCN(C)CC3)n2-c2ccc(CN3CCOCC3)cc2)c(O)cc1O. The molecule has 11 heteroatoms. The molecular weight excluding hydrogens is 524 g/mol. The van der Waals surface area contributed by atoms with E-state index in [0.29, 0.717) is 23.4 Å². The molecule has 41 heavy (non-hydrogen) atoms. The van der Waals surface area contributed by atoms with Gasteiger partial charge >= 0.3 is 5.97 Å². The van der Waals surface area contributed by atoms with E-state index in [1.165, 1.54) is 6.07 Å². The summed E-state index contributed by atoms with van der Waals surface area (Å²) >= 11 is 0. The second-order valence-corrected chi connectivity index (χ2v) is 11.1. The van der Waals surface area contributed by atoms with Gasteiger partial charge in [0.25, 0.3) is 0 Å². The number of carbonyl (C=O) groups excluding carboxylic acids is 1. The van der Waals surface area contributed by atoms with E-state index in [1.54, 1.807) is 10.6 Å². The van der Waals surface area contributed by atoms with Crippen LogP contribution in [0.15, 0.2) is 36.4 Å². The third-order valence-corrected chi connectivity index (χ3v) is 7.79. The van der Waals surface area contributed by atoms with Crippen molar-refractivity contribution in [2.45, 2.75) is 26.3 Å². The third kappa shape index (κ3) is 6.87. The maximum atomic E-state index is 13.3. The molecule has 2 N–H and O–H groups in total. The molecule has 0 aliphatic carbocycles. The normalized spacial score (nSPS) is 17.3. The van der Waals surface area contributed by atoms with Gasteiger partial charge in [-0.1, -0.05) is 26.0 Å². The minimum atomic E-state index is -0.586. The van der Waals surface area contributed by atoms with Crippen LogP contribution in [0.2, 0.25) is 0 Å². The van der Waals surface area contributed by atoms with Gasteiger partial charge in [0.15, 0.2) is 5.82 Å². The molecule has 5 rings (SSSR count). The molecule has 1 aromatic heterocycles. The van der Waals surface area contributed by atoms with E-state index in [4.69, 9.17) is 9.47 Å². The van der Waals surface area contributed by atoms with Crippen LogP contribution in [-0.2, 0) is 16.0 Å². The van der Waals surface area contributed by atoms with Crippen LogP contribution in [0.4, 0.5) is 0 Å². The Morgan fingerprint density at radius 1 is 0.951 bits per heavy atom. The number of ether oxygens (including phenoxy) is 2. The highest BCUT2D eigenvalue weighted by atomic mass is 16.5. The number of phenols is 2. The van der Waals surface area contributed by atoms with Crippen LogP contribution >= 0.6 is 0 Å². The van der Waals surface area contributed by atoms with Crippen molar-refractivity contribution < 1.29 is 24.5 Å². The zero-order chi connectivity index (χ0) is 28.9. The number of aromatic hydroxyl groups is 2. The maximum Gasteiger partial charge on any atom is 0.376 e. The van der Waals surface area contributed by atoms with Crippen molar-refractivity contribution in [1.29, 1.82) is 0 Å². The summed E-state index contributed by atoms with van der Waals surface area (Å²) in [5.74, 6) is -0.418. The fourth-order valence-electron chi connectivity index (χ4n) is 5.24. The van der Waals surface area contributed by atoms with Crippen LogP contribution in [0.5, 0.6) is 11.5 Å². The van der Waals surface area contributed by atoms with Gasteiger partial charge in [0.05, 0.1) is 18.8 Å². The number of nitrogens with zero attached hydrogens (tertiary/aromatic N) is 6. The maximum absolute atomic E-state index is 13.3. The molecule has 3 aromatic rings. The summed E-state index contributed by atoms with van der Waals surface area (Å²) in [7, 11) is 2.10. The molecule has 220 valence electrons. The van der Waals surface area contributed by atoms with E-state index < -0.39 is 5.97 Å². The summed E-state index contributed by atoms with van der Waals surface area (Å²) in [6, 6.07) is 10.9. The molecule has 0 saturated carbocycles. The summed E-state index contributed by atoms with van der Waals surface area (Å²) in [5.41, 5.74) is 2.83. The van der Waals surface area contributed by atoms with Crippen LogP contribution in [0.25, 0.3) is 17.1 Å². The van der Waals surface area contributed by atoms with Gasteiger partial charge < -0.3 is 24.6 Å². The number of hydrogen-bond donors (Lipinski definition) is 2. The second-order valence-electron chi connectivity index (χ2n) is 11.1. The topological polar surface area (TPSA) is 116 Å². The van der Waals surface area contributed by atoms with Crippen molar-refractivity contribution in [3.05, 3.63) is 53.3 Å². The molecule has 0 unspecified atom stereocenters. The average Bonchev–Trinajstić information content (AvgIpc) is 3.40. The second kappa shape index (κ2) is 13.0. The first-order valence-corrected chi connectivity index (χ1v) is 14.3. The highest BCUT2D eigenvalue weighted by molar-refractivity contribution is 5.87. The quantitative estimate of drug-likeness (QED) is 0.376. The third-order valence-electron chi connectivity index (χ3n) is 7.79. The molecule has 2 fully saturated rings. The first-order valence-electron chi connectivity index (χ1n) is 14.3. The molecule has 2 aliphatic heterocycles. The van der Waals surface area contributed by atoms with Crippen molar-refractivity contribution in [2.75, 3.05) is 72.7 Å². The monoisotopic (exact) mass is 564 g/mol. The van der Waals surface area contributed by atoms with Crippen molar-refractivity contribution in [2.24, 2.45) is 0 Å². The Bertz CT molecular complexity index is 1330. The number of rotatable bonds is 9. The highest BCUT2D eigenvalue weighted by Crippen LogP contribution is 2.38. The molecule has 2 aromatic carbocycles. The lowest BCUT2D eigenvalue weighted by Gasteiger charge is -2.31. The lowest BCUT2D eigenvalue weighted by atomic mass is 9.98. The Labute approximate surface area is 240 Å². The predicted octanol–water partition coefficient (Wildman–Crippen LogP) is 2.71. The van der Waals surface area contributed by atoms with E-state index in [2.05, 4.69) is 31.9 Å². The first kappa shape index (κ1) is 29.0. The average molecular weight is 565 g/mol. The van der Waals surface area contributed by atoms with Crippen LogP contribution in [0, 0.1) is 0 Å². The largest absolute Gasteiger partial charge is 0.508 e. The predicted molar refractivity (Wildman–Crippen MR) is 155 cm³/mol. The van der Waals surface area contributed by atoms with Gasteiger partial charge in [-0.15, -0.1) is 10.2 Å². The first-order chi connectivity index (χ1) is 19.8. The fraction of sp³-hybridized carbons (Fsp3) is 0.500. The van der Waals surface area contributed by atoms with E-state index in [9.17, 15) is 15.0 Å². The fourth-order valence-corrected chi connectivity index (χ4v) is 5.24. The lowest BCUT2D eigenvalue weighted by Crippen LogP contribution is -2.45. The molecule has 0 radical (unpaired) electrons. The zero-order valence-electron chi connectivity index (χ0n) is 24.1. The Balaban J connectivity index is 1.43. The number of piperazine rings is 1. The number of aromatic nitrogens is 3. The number of benzene rings is 2. The van der Waals surface area contributed by atoms with Gasteiger partial charge in [0.2, 0.25) is 5.82 Å². The van der Waals surface area contributed by atoms with Crippen LogP contribution in [-0.4, -0.2) is 118 Å². The van der Waals surface area contributed by atoms with E-state index >= 15 is 0 Å². The molecule has 0 amide bonds. The van der Waals surface area contributed by atoms with Crippen molar-refractivity contribution in [1.82, 2.24) is 29.5 Å². The smallest absolute Gasteiger partial charge is 0.376 e. The standard InChI is InChI=1S/C30H40N6O5/c1-21(2)24-18-25(27(38)19-26(24)37)28-31-32-29(30(39)41-17-14-34-10-8-33(3)9-11-34)36(28)23-6-4-22(5-7-23)20-35-12-15-40-16-13-35/h4-7,18-19,21,37-38H,8-17,20H2,1-3H3. The number of likely N-dealkylation sites (N-methyl/N-ethyl adjacent to an activating group) is 1. The minimum Gasteiger partial charge on any atom is -0.508 e. The zero-order valence-corrected chi connectivity index (χ0v) is 24.1. The van der Waals surface area contributed by atoms with E-state index in [0.717, 1.165) is 64.6 Å². The van der Waals surface area contributed by atoms with Crippen molar-refractivity contribution >= 4 is 5.97 Å². The van der Waals surface area contributed by atoms with Crippen molar-refractivity contribution in [3.63, 3.8) is 0 Å². The number of esters is 1. The molecule has 2 aliphatic rings. The molecule has 0 spiro atoms. The minimum absolute atomic E-state index is 0.00307. The molecule has 11 nitrogen and oxygen atoms in total. The Hall–Kier alpha value is -3.51. The molecular formula is C30H40N6O5. The van der Waals surface area contributed by atoms with Gasteiger partial charge in [0.1, 0.15) is 18.1 Å². The van der Waals surface area contributed by atoms with E-state index in [1.807, 2.05) is 38.1 Å². The lowest BCUT2D eigenvalue weighted by molar-refractivity contribution is 0.0342. The summed E-state index contributed by atoms with van der Waals surface area (Å²) in [5, 5.41) is 29.8. The number of hydrogen-bond acceptors (Lipinski definition) is 10. The number of carbonyl (C=O) groups is 1. The number of phenolic OH excluding ortho intramolecular Hbond substituents is 2. The summed E-state index contributed by atoms with van der Waals surface area (Å²) in [6.45, 7) is 12.7. The summed E-state index contributed by atoms with van der Waals surface area (Å²) in [4.78, 5) is 20.2. The molecule has 0 atom stereocenters. The van der Waals surface area contributed by atoms with Crippen LogP contribution in [0.3, 0.4) is 0 Å². The van der Waals surface area contributed by atoms with Gasteiger partial charge in [-0.25, -0.2) is 4.79 Å². The van der Waals surface area contributed by atoms with Crippen molar-refractivity contribution in [3.8, 4) is 28.6 Å². The molecule has 3 heterocycles. The highest BCUT2D eigenvalue weighted by Gasteiger charge is 2.26. The molecule has 0 bridgehead atoms. The van der Waals surface area contributed by atoms with E-state index in [-0.39, 0.29) is 35.7 Å². The van der Waals surface area contributed by atoms with Gasteiger partial charge in [-0.05, 0) is 42.3 Å². The van der Waals surface area contributed by atoms with Crippen LogP contribution in [0.1, 0.15) is 41.5 Å². The van der Waals surface area contributed by atoms with Gasteiger partial charge in [-0.3, -0.25) is 14.4 Å². The summed E-state index contributed by atoms with van der Waals surface area (Å²) in [6.07, 6.45) is 0. The van der Waals surface area contributed by atoms with Crippen LogP contribution < -0.4 is 0 Å². The number of morpholine rings is 1. The molecule has 2 saturated heterocycles. The van der Waals surface area contributed by atoms with Gasteiger partial charge in [-0.2, -0.15) is 0 Å². The Kier molecular flexibility index (Phi) is 9.19.